The second-order valence-corrected chi connectivity index (χ2v) is 6.71. The van der Waals surface area contributed by atoms with E-state index >= 15 is 0 Å². The zero-order chi connectivity index (χ0) is 19.5. The lowest BCUT2D eigenvalue weighted by atomic mass is 9.99. The van der Waals surface area contributed by atoms with Crippen molar-refractivity contribution in [3.8, 4) is 5.82 Å². The maximum Gasteiger partial charge on any atom is 0.224 e. The lowest BCUT2D eigenvalue weighted by Crippen LogP contribution is -2.26. The molecule has 4 rings (SSSR count). The van der Waals surface area contributed by atoms with Crippen LogP contribution in [0.2, 0.25) is 0 Å². The molecule has 3 aromatic heterocycles. The van der Waals surface area contributed by atoms with E-state index in [4.69, 9.17) is 0 Å². The molecule has 0 aliphatic carbocycles. The van der Waals surface area contributed by atoms with E-state index in [-0.39, 0.29) is 5.91 Å². The van der Waals surface area contributed by atoms with Gasteiger partial charge in [-0.05, 0) is 43.2 Å². The number of rotatable bonds is 5. The third kappa shape index (κ3) is 3.49. The molecular formula is C22H21N5O. The Morgan fingerprint density at radius 1 is 1.07 bits per heavy atom. The number of pyridine rings is 2. The van der Waals surface area contributed by atoms with Crippen LogP contribution in [-0.2, 0) is 17.8 Å². The molecule has 3 heterocycles. The largest absolute Gasteiger partial charge is 0.352 e. The average Bonchev–Trinajstić information content (AvgIpc) is 3.24. The first-order valence-corrected chi connectivity index (χ1v) is 9.19. The number of hydrogen-bond donors (Lipinski definition) is 1. The van der Waals surface area contributed by atoms with Crippen LogP contribution in [0.4, 0.5) is 0 Å². The number of carbonyl (C=O) groups is 1. The van der Waals surface area contributed by atoms with Crippen molar-refractivity contribution in [1.82, 2.24) is 25.1 Å². The van der Waals surface area contributed by atoms with E-state index in [0.717, 1.165) is 33.3 Å². The standard InChI is InChI=1S/C22H21N5O/c1-15-18-8-3-4-9-20(18)26-16(2)19(15)13-21(28)24-14-17-7-5-10-23-22(17)27-12-6-11-25-27/h3-12H,13-14H2,1-2H3,(H,24,28). The molecule has 0 bridgehead atoms. The van der Waals surface area contributed by atoms with E-state index in [1.807, 2.05) is 55.6 Å². The zero-order valence-corrected chi connectivity index (χ0v) is 15.9. The third-order valence-corrected chi connectivity index (χ3v) is 4.89. The Hall–Kier alpha value is -3.54. The SMILES string of the molecule is Cc1nc2ccccc2c(C)c1CC(=O)NCc1cccnc1-n1cccn1. The molecule has 1 N–H and O–H groups in total. The van der Waals surface area contributed by atoms with Crippen LogP contribution in [0, 0.1) is 13.8 Å². The summed E-state index contributed by atoms with van der Waals surface area (Å²) >= 11 is 0. The molecule has 0 unspecified atom stereocenters. The van der Waals surface area contributed by atoms with Gasteiger partial charge in [-0.2, -0.15) is 5.10 Å². The first-order valence-electron chi connectivity index (χ1n) is 9.19. The number of para-hydroxylation sites is 1. The summed E-state index contributed by atoms with van der Waals surface area (Å²) < 4.78 is 1.70. The van der Waals surface area contributed by atoms with Crippen molar-refractivity contribution in [3.63, 3.8) is 0 Å². The van der Waals surface area contributed by atoms with E-state index in [1.165, 1.54) is 0 Å². The Balaban J connectivity index is 1.52. The van der Waals surface area contributed by atoms with Gasteiger partial charge in [0, 0.05) is 41.8 Å². The van der Waals surface area contributed by atoms with Crippen LogP contribution in [0.1, 0.15) is 22.4 Å². The number of hydrogen-bond acceptors (Lipinski definition) is 4. The van der Waals surface area contributed by atoms with Crippen molar-refractivity contribution in [1.29, 1.82) is 0 Å². The van der Waals surface area contributed by atoms with Gasteiger partial charge in [-0.25, -0.2) is 9.67 Å². The topological polar surface area (TPSA) is 72.7 Å². The molecule has 1 aromatic carbocycles. The summed E-state index contributed by atoms with van der Waals surface area (Å²) in [6.07, 6.45) is 5.55. The Labute approximate surface area is 163 Å². The number of amides is 1. The minimum absolute atomic E-state index is 0.0430. The molecule has 0 aliphatic rings. The van der Waals surface area contributed by atoms with Crippen LogP contribution in [0.25, 0.3) is 16.7 Å². The molecule has 0 aliphatic heterocycles. The van der Waals surface area contributed by atoms with Crippen LogP contribution < -0.4 is 5.32 Å². The molecule has 0 saturated carbocycles. The molecule has 0 atom stereocenters. The lowest BCUT2D eigenvalue weighted by molar-refractivity contribution is -0.120. The van der Waals surface area contributed by atoms with Gasteiger partial charge in [0.15, 0.2) is 5.82 Å². The summed E-state index contributed by atoms with van der Waals surface area (Å²) in [7, 11) is 0. The summed E-state index contributed by atoms with van der Waals surface area (Å²) in [5.74, 6) is 0.672. The molecular weight excluding hydrogens is 350 g/mol. The maximum atomic E-state index is 12.6. The van der Waals surface area contributed by atoms with E-state index in [1.54, 1.807) is 17.1 Å². The normalized spacial score (nSPS) is 10.9. The Morgan fingerprint density at radius 2 is 1.93 bits per heavy atom. The van der Waals surface area contributed by atoms with Crippen LogP contribution in [0.5, 0.6) is 0 Å². The van der Waals surface area contributed by atoms with Gasteiger partial charge in [0.05, 0.1) is 11.9 Å². The highest BCUT2D eigenvalue weighted by molar-refractivity contribution is 5.86. The molecule has 0 spiro atoms. The van der Waals surface area contributed by atoms with Gasteiger partial charge in [0.25, 0.3) is 0 Å². The van der Waals surface area contributed by atoms with Gasteiger partial charge < -0.3 is 5.32 Å². The predicted molar refractivity (Wildman–Crippen MR) is 108 cm³/mol. The van der Waals surface area contributed by atoms with Crippen molar-refractivity contribution < 1.29 is 4.79 Å². The summed E-state index contributed by atoms with van der Waals surface area (Å²) in [6, 6.07) is 13.7. The molecule has 6 heteroatoms. The van der Waals surface area contributed by atoms with Crippen molar-refractivity contribution in [2.24, 2.45) is 0 Å². The molecule has 0 fully saturated rings. The van der Waals surface area contributed by atoms with Crippen molar-refractivity contribution in [3.05, 3.63) is 83.4 Å². The van der Waals surface area contributed by atoms with E-state index < -0.39 is 0 Å². The van der Waals surface area contributed by atoms with Gasteiger partial charge in [0.2, 0.25) is 5.91 Å². The highest BCUT2D eigenvalue weighted by Gasteiger charge is 2.14. The van der Waals surface area contributed by atoms with Gasteiger partial charge >= 0.3 is 0 Å². The fourth-order valence-electron chi connectivity index (χ4n) is 3.42. The van der Waals surface area contributed by atoms with Crippen molar-refractivity contribution >= 4 is 16.8 Å². The fraction of sp³-hybridized carbons (Fsp3) is 0.182. The second-order valence-electron chi connectivity index (χ2n) is 6.71. The highest BCUT2D eigenvalue weighted by Crippen LogP contribution is 2.23. The summed E-state index contributed by atoms with van der Waals surface area (Å²) in [6.45, 7) is 4.40. The number of nitrogens with zero attached hydrogens (tertiary/aromatic N) is 4. The first-order chi connectivity index (χ1) is 13.6. The lowest BCUT2D eigenvalue weighted by Gasteiger charge is -2.13. The average molecular weight is 371 g/mol. The molecule has 28 heavy (non-hydrogen) atoms. The Kier molecular flexibility index (Phi) is 4.85. The molecule has 4 aromatic rings. The summed E-state index contributed by atoms with van der Waals surface area (Å²) in [4.78, 5) is 21.7. The molecule has 6 nitrogen and oxygen atoms in total. The number of fused-ring (bicyclic) bond motifs is 1. The van der Waals surface area contributed by atoms with Gasteiger partial charge in [-0.3, -0.25) is 9.78 Å². The van der Waals surface area contributed by atoms with Crippen LogP contribution in [0.3, 0.4) is 0 Å². The first kappa shape index (κ1) is 17.9. The minimum atomic E-state index is -0.0430. The van der Waals surface area contributed by atoms with E-state index in [0.29, 0.717) is 18.8 Å². The van der Waals surface area contributed by atoms with Crippen LogP contribution in [0.15, 0.2) is 61.1 Å². The molecule has 0 saturated heterocycles. The highest BCUT2D eigenvalue weighted by atomic mass is 16.1. The maximum absolute atomic E-state index is 12.6. The number of aromatic nitrogens is 4. The quantitative estimate of drug-likeness (QED) is 0.584. The van der Waals surface area contributed by atoms with Gasteiger partial charge in [0.1, 0.15) is 0 Å². The summed E-state index contributed by atoms with van der Waals surface area (Å²) in [5.41, 5.74) is 4.85. The van der Waals surface area contributed by atoms with Crippen LogP contribution >= 0.6 is 0 Å². The summed E-state index contributed by atoms with van der Waals surface area (Å²) in [5, 5.41) is 8.32. The second kappa shape index (κ2) is 7.60. The molecule has 1 amide bonds. The number of carbonyl (C=O) groups excluding carboxylic acids is 1. The van der Waals surface area contributed by atoms with E-state index in [9.17, 15) is 4.79 Å². The van der Waals surface area contributed by atoms with Crippen molar-refractivity contribution in [2.45, 2.75) is 26.8 Å². The van der Waals surface area contributed by atoms with Gasteiger partial charge in [-0.15, -0.1) is 0 Å². The number of benzene rings is 1. The van der Waals surface area contributed by atoms with Crippen LogP contribution in [-0.4, -0.2) is 25.7 Å². The Morgan fingerprint density at radius 3 is 2.75 bits per heavy atom. The van der Waals surface area contributed by atoms with Gasteiger partial charge in [-0.1, -0.05) is 24.3 Å². The number of aryl methyl sites for hydroxylation is 2. The zero-order valence-electron chi connectivity index (χ0n) is 15.9. The minimum Gasteiger partial charge on any atom is -0.352 e. The molecule has 0 radical (unpaired) electrons. The predicted octanol–water partition coefficient (Wildman–Crippen LogP) is 3.29. The van der Waals surface area contributed by atoms with E-state index in [2.05, 4.69) is 27.3 Å². The Bertz CT molecular complexity index is 1140. The number of nitrogens with one attached hydrogen (secondary N) is 1. The third-order valence-electron chi connectivity index (χ3n) is 4.89. The fourth-order valence-corrected chi connectivity index (χ4v) is 3.42. The van der Waals surface area contributed by atoms with Crippen molar-refractivity contribution in [2.75, 3.05) is 0 Å². The molecule has 140 valence electrons. The smallest absolute Gasteiger partial charge is 0.224 e. The monoisotopic (exact) mass is 371 g/mol.